The van der Waals surface area contributed by atoms with Crippen molar-refractivity contribution in [2.45, 2.75) is 32.4 Å². The van der Waals surface area contributed by atoms with Crippen LogP contribution < -0.4 is 9.47 Å². The number of aryl methyl sites for hydroxylation is 1. The van der Waals surface area contributed by atoms with Crippen LogP contribution in [0.1, 0.15) is 30.8 Å². The third kappa shape index (κ3) is 2.88. The molecular weight excluding hydrogens is 268 g/mol. The summed E-state index contributed by atoms with van der Waals surface area (Å²) in [5.74, 6) is 2.25. The molecule has 0 saturated heterocycles. The average molecular weight is 288 g/mol. The number of aromatic nitrogens is 2. The SMILES string of the molecule is CCCn1ccnc1CC(O)c1cccc2c1OCCO2. The number of rotatable bonds is 5. The molecule has 1 aliphatic heterocycles. The lowest BCUT2D eigenvalue weighted by Crippen LogP contribution is -2.18. The van der Waals surface area contributed by atoms with Gasteiger partial charge in [0, 0.05) is 30.9 Å². The second-order valence-corrected chi connectivity index (χ2v) is 5.13. The Morgan fingerprint density at radius 3 is 3.05 bits per heavy atom. The summed E-state index contributed by atoms with van der Waals surface area (Å²) in [5, 5.41) is 10.6. The highest BCUT2D eigenvalue weighted by Crippen LogP contribution is 2.37. The monoisotopic (exact) mass is 288 g/mol. The molecular formula is C16H20N2O3. The van der Waals surface area contributed by atoms with Crippen molar-refractivity contribution < 1.29 is 14.6 Å². The number of para-hydroxylation sites is 1. The lowest BCUT2D eigenvalue weighted by Gasteiger charge is -2.23. The van der Waals surface area contributed by atoms with E-state index in [2.05, 4.69) is 16.5 Å². The van der Waals surface area contributed by atoms with E-state index < -0.39 is 6.10 Å². The predicted octanol–water partition coefficient (Wildman–Crippen LogP) is 2.34. The molecule has 1 unspecified atom stereocenters. The summed E-state index contributed by atoms with van der Waals surface area (Å²) in [5.41, 5.74) is 0.762. The number of imidazole rings is 1. The summed E-state index contributed by atoms with van der Waals surface area (Å²) in [6.45, 7) is 4.10. The average Bonchev–Trinajstić information content (AvgIpc) is 2.94. The zero-order valence-electron chi connectivity index (χ0n) is 12.2. The minimum absolute atomic E-state index is 0.465. The Bertz CT molecular complexity index is 609. The standard InChI is InChI=1S/C16H20N2O3/c1-2-7-18-8-6-17-15(18)11-13(19)12-4-3-5-14-16(12)21-10-9-20-14/h3-6,8,13,19H,2,7,9-11H2,1H3. The van der Waals surface area contributed by atoms with E-state index in [1.54, 1.807) is 6.20 Å². The van der Waals surface area contributed by atoms with Gasteiger partial charge in [-0.2, -0.15) is 0 Å². The molecule has 0 aliphatic carbocycles. The van der Waals surface area contributed by atoms with E-state index in [0.29, 0.717) is 31.1 Å². The molecule has 5 nitrogen and oxygen atoms in total. The molecule has 0 radical (unpaired) electrons. The van der Waals surface area contributed by atoms with E-state index in [4.69, 9.17) is 9.47 Å². The van der Waals surface area contributed by atoms with Gasteiger partial charge in [0.1, 0.15) is 19.0 Å². The molecule has 2 heterocycles. The van der Waals surface area contributed by atoms with Gasteiger partial charge in [-0.25, -0.2) is 4.98 Å². The van der Waals surface area contributed by atoms with E-state index in [9.17, 15) is 5.11 Å². The number of aliphatic hydroxyl groups excluding tert-OH is 1. The number of ether oxygens (including phenoxy) is 2. The largest absolute Gasteiger partial charge is 0.486 e. The lowest BCUT2D eigenvalue weighted by atomic mass is 10.0. The highest BCUT2D eigenvalue weighted by Gasteiger charge is 2.22. The van der Waals surface area contributed by atoms with Crippen molar-refractivity contribution in [1.29, 1.82) is 0 Å². The van der Waals surface area contributed by atoms with Crippen molar-refractivity contribution in [2.75, 3.05) is 13.2 Å². The summed E-state index contributed by atoms with van der Waals surface area (Å²) in [6, 6.07) is 5.62. The fraction of sp³-hybridized carbons (Fsp3) is 0.438. The Morgan fingerprint density at radius 2 is 2.19 bits per heavy atom. The van der Waals surface area contributed by atoms with Crippen LogP contribution in [-0.4, -0.2) is 27.9 Å². The van der Waals surface area contributed by atoms with Gasteiger partial charge >= 0.3 is 0 Å². The molecule has 0 spiro atoms. The third-order valence-electron chi connectivity index (χ3n) is 3.60. The van der Waals surface area contributed by atoms with Crippen LogP contribution in [0.5, 0.6) is 11.5 Å². The molecule has 0 saturated carbocycles. The van der Waals surface area contributed by atoms with Crippen molar-refractivity contribution in [2.24, 2.45) is 0 Å². The maximum atomic E-state index is 10.6. The van der Waals surface area contributed by atoms with Crippen molar-refractivity contribution in [3.63, 3.8) is 0 Å². The number of fused-ring (bicyclic) bond motifs is 1. The Morgan fingerprint density at radius 1 is 1.33 bits per heavy atom. The van der Waals surface area contributed by atoms with E-state index in [1.807, 2.05) is 24.4 Å². The van der Waals surface area contributed by atoms with Crippen molar-refractivity contribution in [1.82, 2.24) is 9.55 Å². The van der Waals surface area contributed by atoms with Gasteiger partial charge in [0.2, 0.25) is 0 Å². The fourth-order valence-corrected chi connectivity index (χ4v) is 2.62. The molecule has 112 valence electrons. The molecule has 21 heavy (non-hydrogen) atoms. The first-order valence-corrected chi connectivity index (χ1v) is 7.36. The van der Waals surface area contributed by atoms with Crippen molar-refractivity contribution >= 4 is 0 Å². The molecule has 2 aromatic rings. The lowest BCUT2D eigenvalue weighted by molar-refractivity contribution is 0.144. The zero-order valence-corrected chi connectivity index (χ0v) is 12.2. The first kappa shape index (κ1) is 13.9. The van der Waals surface area contributed by atoms with Crippen LogP contribution in [0.4, 0.5) is 0 Å². The van der Waals surface area contributed by atoms with Crippen LogP contribution in [0.3, 0.4) is 0 Å². The third-order valence-corrected chi connectivity index (χ3v) is 3.60. The smallest absolute Gasteiger partial charge is 0.167 e. The summed E-state index contributed by atoms with van der Waals surface area (Å²) >= 11 is 0. The normalized spacial score (nSPS) is 15.0. The molecule has 3 rings (SSSR count). The van der Waals surface area contributed by atoms with Crippen LogP contribution >= 0.6 is 0 Å². The van der Waals surface area contributed by atoms with Gasteiger partial charge < -0.3 is 19.1 Å². The predicted molar refractivity (Wildman–Crippen MR) is 78.6 cm³/mol. The van der Waals surface area contributed by atoms with Gasteiger partial charge in [-0.15, -0.1) is 0 Å². The molecule has 0 bridgehead atoms. The van der Waals surface area contributed by atoms with E-state index in [0.717, 1.165) is 24.4 Å². The van der Waals surface area contributed by atoms with Crippen LogP contribution in [0.2, 0.25) is 0 Å². The minimum Gasteiger partial charge on any atom is -0.486 e. The summed E-state index contributed by atoms with van der Waals surface area (Å²) in [7, 11) is 0. The molecule has 0 amide bonds. The van der Waals surface area contributed by atoms with E-state index in [-0.39, 0.29) is 0 Å². The molecule has 1 aromatic carbocycles. The van der Waals surface area contributed by atoms with Crippen LogP contribution in [0, 0.1) is 0 Å². The Hall–Kier alpha value is -2.01. The van der Waals surface area contributed by atoms with Gasteiger partial charge in [0.25, 0.3) is 0 Å². The Balaban J connectivity index is 1.82. The summed E-state index contributed by atoms with van der Waals surface area (Å²) < 4.78 is 13.3. The number of benzene rings is 1. The van der Waals surface area contributed by atoms with Crippen LogP contribution in [0.15, 0.2) is 30.6 Å². The van der Waals surface area contributed by atoms with Crippen molar-refractivity contribution in [3.05, 3.63) is 42.0 Å². The first-order chi connectivity index (χ1) is 10.3. The number of hydrogen-bond donors (Lipinski definition) is 1. The van der Waals surface area contributed by atoms with Gasteiger partial charge in [0.05, 0.1) is 6.10 Å². The Kier molecular flexibility index (Phi) is 4.10. The number of aliphatic hydroxyl groups is 1. The second kappa shape index (κ2) is 6.18. The summed E-state index contributed by atoms with van der Waals surface area (Å²) in [4.78, 5) is 4.34. The topological polar surface area (TPSA) is 56.5 Å². The minimum atomic E-state index is -0.653. The van der Waals surface area contributed by atoms with Gasteiger partial charge in [0.15, 0.2) is 11.5 Å². The van der Waals surface area contributed by atoms with E-state index in [1.165, 1.54) is 0 Å². The molecule has 5 heteroatoms. The fourth-order valence-electron chi connectivity index (χ4n) is 2.62. The zero-order chi connectivity index (χ0) is 14.7. The molecule has 1 N–H and O–H groups in total. The van der Waals surface area contributed by atoms with Crippen molar-refractivity contribution in [3.8, 4) is 11.5 Å². The highest BCUT2D eigenvalue weighted by atomic mass is 16.6. The van der Waals surface area contributed by atoms with Gasteiger partial charge in [-0.05, 0) is 12.5 Å². The van der Waals surface area contributed by atoms with Gasteiger partial charge in [-0.3, -0.25) is 0 Å². The number of nitrogens with zero attached hydrogens (tertiary/aromatic N) is 2. The maximum Gasteiger partial charge on any atom is 0.167 e. The van der Waals surface area contributed by atoms with Gasteiger partial charge in [-0.1, -0.05) is 19.1 Å². The molecule has 1 aromatic heterocycles. The Labute approximate surface area is 124 Å². The highest BCUT2D eigenvalue weighted by molar-refractivity contribution is 5.48. The van der Waals surface area contributed by atoms with Crippen LogP contribution in [0.25, 0.3) is 0 Å². The van der Waals surface area contributed by atoms with Crippen LogP contribution in [-0.2, 0) is 13.0 Å². The first-order valence-electron chi connectivity index (χ1n) is 7.36. The second-order valence-electron chi connectivity index (χ2n) is 5.13. The molecule has 1 atom stereocenters. The molecule has 0 fully saturated rings. The number of hydrogen-bond acceptors (Lipinski definition) is 4. The summed E-state index contributed by atoms with van der Waals surface area (Å²) in [6.07, 6.45) is 4.58. The maximum absolute atomic E-state index is 10.6. The molecule has 1 aliphatic rings. The quantitative estimate of drug-likeness (QED) is 0.917. The van der Waals surface area contributed by atoms with E-state index >= 15 is 0 Å².